The van der Waals surface area contributed by atoms with Crippen molar-refractivity contribution in [2.45, 2.75) is 63.8 Å². The molecule has 1 heterocycles. The molecule has 0 spiro atoms. The van der Waals surface area contributed by atoms with Crippen LogP contribution in [0.1, 0.15) is 80.2 Å². The molecule has 0 saturated carbocycles. The number of fused-ring (bicyclic) bond motifs is 2. The van der Waals surface area contributed by atoms with Crippen molar-refractivity contribution in [3.05, 3.63) is 45.0 Å². The molecule has 2 aliphatic rings. The first-order chi connectivity index (χ1) is 18.0. The topological polar surface area (TPSA) is 232 Å². The average molecular weight is 548 g/mol. The molecular weight excluding hydrogens is 520 g/mol. The van der Waals surface area contributed by atoms with E-state index in [9.17, 15) is 55.2 Å². The highest BCUT2D eigenvalue weighted by atomic mass is 16.6. The molecule has 0 radical (unpaired) electrons. The van der Waals surface area contributed by atoms with Gasteiger partial charge in [0.05, 0.1) is 28.9 Å². The molecule has 1 unspecified atom stereocenters. The van der Waals surface area contributed by atoms with Crippen LogP contribution in [0.4, 0.5) is 0 Å². The number of phenolic OH excluding ortho intramolecular Hbond substituents is 3. The summed E-state index contributed by atoms with van der Waals surface area (Å²) in [5.74, 6) is -7.88. The molecule has 0 bridgehead atoms. The van der Waals surface area contributed by atoms with Crippen LogP contribution in [0.2, 0.25) is 0 Å². The van der Waals surface area contributed by atoms with Gasteiger partial charge in [0.1, 0.15) is 47.6 Å². The van der Waals surface area contributed by atoms with Crippen molar-refractivity contribution in [1.82, 2.24) is 0 Å². The van der Waals surface area contributed by atoms with Crippen LogP contribution in [0.15, 0.2) is 6.07 Å². The number of ether oxygens (including phenoxy) is 2. The van der Waals surface area contributed by atoms with Crippen molar-refractivity contribution in [2.24, 2.45) is 0 Å². The average Bonchev–Trinajstić information content (AvgIpc) is 2.82. The number of ketones is 2. The zero-order valence-corrected chi connectivity index (χ0v) is 21.3. The summed E-state index contributed by atoms with van der Waals surface area (Å²) in [5, 5.41) is 83.7. The summed E-state index contributed by atoms with van der Waals surface area (Å²) in [4.78, 5) is 38.7. The van der Waals surface area contributed by atoms with Crippen LogP contribution in [0.25, 0.3) is 0 Å². The van der Waals surface area contributed by atoms with Crippen LogP contribution < -0.4 is 0 Å². The number of aliphatic hydroxyl groups excluding tert-OH is 3. The van der Waals surface area contributed by atoms with Crippen LogP contribution in [-0.4, -0.2) is 95.0 Å². The Labute approximate surface area is 221 Å². The third kappa shape index (κ3) is 4.28. The van der Waals surface area contributed by atoms with Crippen LogP contribution >= 0.6 is 0 Å². The molecule has 1 saturated heterocycles. The molecule has 8 N–H and O–H groups in total. The molecule has 210 valence electrons. The summed E-state index contributed by atoms with van der Waals surface area (Å²) in [5.41, 5.74) is -5.11. The van der Waals surface area contributed by atoms with E-state index >= 15 is 0 Å². The van der Waals surface area contributed by atoms with Crippen LogP contribution in [0.3, 0.4) is 0 Å². The third-order valence-corrected chi connectivity index (χ3v) is 6.80. The molecule has 1 aliphatic carbocycles. The Balaban J connectivity index is 2.00. The van der Waals surface area contributed by atoms with E-state index in [0.717, 1.165) is 6.07 Å². The van der Waals surface area contributed by atoms with E-state index in [4.69, 9.17) is 9.47 Å². The molecule has 1 fully saturated rings. The summed E-state index contributed by atoms with van der Waals surface area (Å²) in [7, 11) is 0. The number of carbonyl (C=O) groups excluding carboxylic acids is 2. The lowest BCUT2D eigenvalue weighted by atomic mass is 9.77. The molecule has 13 heteroatoms. The minimum atomic E-state index is -1.74. The van der Waals surface area contributed by atoms with Gasteiger partial charge in [0.25, 0.3) is 0 Å². The number of phenols is 4. The lowest BCUT2D eigenvalue weighted by molar-refractivity contribution is -0.263. The van der Waals surface area contributed by atoms with Gasteiger partial charge < -0.3 is 50.3 Å². The zero-order valence-electron chi connectivity index (χ0n) is 21.3. The standard InChI is InChI=1S/C26H28O13/c1-7-11-8(5-9(28)12(7)25(36)37)16(29)13-14(18(11)31)19(32)15(21(34)20(13)33)23-24(39-26(2,3)4)22(35)17(30)10(6-27)38-23/h5,10,17,22-24,27-28,30,32-35H,6H2,1-4H3,(H,36,37)/t10-,17-,22+,23?,24-/m1/s1. The van der Waals surface area contributed by atoms with Crippen LogP contribution in [0, 0.1) is 6.92 Å². The number of rotatable bonds is 4. The second-order valence-electron chi connectivity index (χ2n) is 10.4. The monoisotopic (exact) mass is 548 g/mol. The van der Waals surface area contributed by atoms with Crippen LogP contribution in [0.5, 0.6) is 23.0 Å². The maximum Gasteiger partial charge on any atom is 0.339 e. The van der Waals surface area contributed by atoms with Gasteiger partial charge in [-0.15, -0.1) is 0 Å². The minimum Gasteiger partial charge on any atom is -0.507 e. The molecular formula is C26H28O13. The van der Waals surface area contributed by atoms with E-state index < -0.39 is 117 Å². The lowest BCUT2D eigenvalue weighted by Crippen LogP contribution is -2.57. The molecule has 2 aromatic rings. The largest absolute Gasteiger partial charge is 0.507 e. The normalized spacial score (nSPS) is 24.8. The van der Waals surface area contributed by atoms with Gasteiger partial charge in [-0.25, -0.2) is 4.79 Å². The van der Waals surface area contributed by atoms with Gasteiger partial charge in [-0.05, 0) is 39.3 Å². The fraction of sp³-hybridized carbons (Fsp3) is 0.423. The second kappa shape index (κ2) is 9.47. The number of aromatic hydroxyl groups is 4. The first-order valence-corrected chi connectivity index (χ1v) is 11.8. The fourth-order valence-electron chi connectivity index (χ4n) is 5.11. The van der Waals surface area contributed by atoms with Gasteiger partial charge in [-0.1, -0.05) is 0 Å². The Morgan fingerprint density at radius 2 is 1.54 bits per heavy atom. The van der Waals surface area contributed by atoms with Gasteiger partial charge in [0.15, 0.2) is 23.1 Å². The first-order valence-electron chi connectivity index (χ1n) is 11.8. The Kier molecular flexibility index (Phi) is 6.86. The number of benzene rings is 2. The van der Waals surface area contributed by atoms with Crippen molar-refractivity contribution in [3.63, 3.8) is 0 Å². The molecule has 13 nitrogen and oxygen atoms in total. The number of carbonyl (C=O) groups is 3. The summed E-state index contributed by atoms with van der Waals surface area (Å²) in [6.45, 7) is 5.17. The van der Waals surface area contributed by atoms with Crippen molar-refractivity contribution >= 4 is 17.5 Å². The maximum atomic E-state index is 13.6. The highest BCUT2D eigenvalue weighted by molar-refractivity contribution is 6.31. The summed E-state index contributed by atoms with van der Waals surface area (Å²) in [6, 6.07) is 0.747. The smallest absolute Gasteiger partial charge is 0.339 e. The van der Waals surface area contributed by atoms with E-state index in [-0.39, 0.29) is 5.56 Å². The van der Waals surface area contributed by atoms with Gasteiger partial charge in [-0.3, -0.25) is 9.59 Å². The number of aromatic carboxylic acids is 1. The Morgan fingerprint density at radius 1 is 0.949 bits per heavy atom. The summed E-state index contributed by atoms with van der Waals surface area (Å²) >= 11 is 0. The van der Waals surface area contributed by atoms with Gasteiger partial charge >= 0.3 is 5.97 Å². The van der Waals surface area contributed by atoms with Gasteiger partial charge in [-0.2, -0.15) is 0 Å². The second-order valence-corrected chi connectivity index (χ2v) is 10.4. The number of hydrogen-bond acceptors (Lipinski definition) is 12. The van der Waals surface area contributed by atoms with Crippen molar-refractivity contribution < 1.29 is 64.7 Å². The van der Waals surface area contributed by atoms with Gasteiger partial charge in [0, 0.05) is 11.1 Å². The molecule has 4 rings (SSSR count). The van der Waals surface area contributed by atoms with E-state index in [0.29, 0.717) is 0 Å². The molecule has 0 aromatic heterocycles. The highest BCUT2D eigenvalue weighted by Crippen LogP contribution is 2.52. The van der Waals surface area contributed by atoms with E-state index in [1.165, 1.54) is 6.92 Å². The van der Waals surface area contributed by atoms with E-state index in [2.05, 4.69) is 0 Å². The number of aliphatic hydroxyl groups is 3. The molecule has 0 amide bonds. The molecule has 39 heavy (non-hydrogen) atoms. The van der Waals surface area contributed by atoms with Crippen molar-refractivity contribution in [1.29, 1.82) is 0 Å². The van der Waals surface area contributed by atoms with Crippen LogP contribution in [-0.2, 0) is 9.47 Å². The summed E-state index contributed by atoms with van der Waals surface area (Å²) < 4.78 is 11.5. The SMILES string of the molecule is Cc1c(C(=O)O)c(O)cc2c1C(=O)c1c(O)c(C3O[C@H](CO)[C@@H](O)[C@H](O)[C@H]3OC(C)(C)C)c(O)c(O)c1C2=O. The third-order valence-electron chi connectivity index (χ3n) is 6.80. The molecule has 2 aromatic carbocycles. The first kappa shape index (κ1) is 28.3. The fourth-order valence-corrected chi connectivity index (χ4v) is 5.11. The number of carboxylic acid groups (broad SMARTS) is 1. The molecule has 1 aliphatic heterocycles. The van der Waals surface area contributed by atoms with E-state index in [1.807, 2.05) is 0 Å². The Bertz CT molecular complexity index is 1400. The predicted octanol–water partition coefficient (Wildman–Crippen LogP) is 0.629. The Hall–Kier alpha value is -3.75. The zero-order chi connectivity index (χ0) is 29.3. The minimum absolute atomic E-state index is 0.281. The molecule has 5 atom stereocenters. The number of hydrogen-bond donors (Lipinski definition) is 8. The summed E-state index contributed by atoms with van der Waals surface area (Å²) in [6.07, 6.45) is -8.04. The lowest BCUT2D eigenvalue weighted by Gasteiger charge is -2.45. The van der Waals surface area contributed by atoms with Gasteiger partial charge in [0.2, 0.25) is 0 Å². The number of carboxylic acids is 1. The maximum absolute atomic E-state index is 13.6. The highest BCUT2D eigenvalue weighted by Gasteiger charge is 2.50. The Morgan fingerprint density at radius 3 is 2.08 bits per heavy atom. The predicted molar refractivity (Wildman–Crippen MR) is 129 cm³/mol. The quantitative estimate of drug-likeness (QED) is 0.165. The van der Waals surface area contributed by atoms with Crippen molar-refractivity contribution in [3.8, 4) is 23.0 Å². The van der Waals surface area contributed by atoms with Crippen molar-refractivity contribution in [2.75, 3.05) is 6.61 Å². The van der Waals surface area contributed by atoms with E-state index in [1.54, 1.807) is 20.8 Å².